The Hall–Kier alpha value is -2.13. The Kier molecular flexibility index (Phi) is 2.38. The van der Waals surface area contributed by atoms with Crippen LogP contribution in [0.5, 0.6) is 0 Å². The minimum atomic E-state index is 0.539. The van der Waals surface area contributed by atoms with Crippen molar-refractivity contribution in [3.05, 3.63) is 54.4 Å². The van der Waals surface area contributed by atoms with Crippen LogP contribution in [0.4, 0.5) is 0 Å². The zero-order chi connectivity index (χ0) is 11.7. The number of nitrogens with one attached hydrogen (secondary N) is 1. The van der Waals surface area contributed by atoms with Crippen LogP contribution in [-0.2, 0) is 6.54 Å². The van der Waals surface area contributed by atoms with Gasteiger partial charge in [-0.05, 0) is 17.2 Å². The van der Waals surface area contributed by atoms with Gasteiger partial charge in [-0.15, -0.1) is 0 Å². The van der Waals surface area contributed by atoms with Crippen molar-refractivity contribution in [1.29, 1.82) is 0 Å². The molecular formula is C14H13N3. The van der Waals surface area contributed by atoms with Gasteiger partial charge in [-0.2, -0.15) is 0 Å². The molecule has 0 aliphatic heterocycles. The molecule has 0 aliphatic rings. The third-order valence-corrected chi connectivity index (χ3v) is 2.98. The molecular weight excluding hydrogens is 210 g/mol. The van der Waals surface area contributed by atoms with Gasteiger partial charge in [0.05, 0.1) is 17.4 Å². The van der Waals surface area contributed by atoms with E-state index < -0.39 is 0 Å². The summed E-state index contributed by atoms with van der Waals surface area (Å²) in [5.41, 5.74) is 11.3. The van der Waals surface area contributed by atoms with Crippen LogP contribution in [0.2, 0.25) is 0 Å². The fourth-order valence-corrected chi connectivity index (χ4v) is 2.14. The van der Waals surface area contributed by atoms with Crippen LogP contribution in [0.3, 0.4) is 0 Å². The van der Waals surface area contributed by atoms with E-state index in [9.17, 15) is 0 Å². The summed E-state index contributed by atoms with van der Waals surface area (Å²) in [6, 6.07) is 14.3. The SMILES string of the molecule is NCc1ccccc1-c1cccc2[nH]cnc12. The van der Waals surface area contributed by atoms with Gasteiger partial charge in [-0.25, -0.2) is 4.98 Å². The van der Waals surface area contributed by atoms with Gasteiger partial charge >= 0.3 is 0 Å². The van der Waals surface area contributed by atoms with Gasteiger partial charge in [0, 0.05) is 12.1 Å². The quantitative estimate of drug-likeness (QED) is 0.701. The summed E-state index contributed by atoms with van der Waals surface area (Å²) in [7, 11) is 0. The van der Waals surface area contributed by atoms with Crippen LogP contribution in [-0.4, -0.2) is 9.97 Å². The summed E-state index contributed by atoms with van der Waals surface area (Å²) >= 11 is 0. The summed E-state index contributed by atoms with van der Waals surface area (Å²) in [5, 5.41) is 0. The molecule has 17 heavy (non-hydrogen) atoms. The fourth-order valence-electron chi connectivity index (χ4n) is 2.14. The predicted octanol–water partition coefficient (Wildman–Crippen LogP) is 2.69. The number of imidazole rings is 1. The van der Waals surface area contributed by atoms with Crippen molar-refractivity contribution < 1.29 is 0 Å². The van der Waals surface area contributed by atoms with Gasteiger partial charge in [0.1, 0.15) is 0 Å². The topological polar surface area (TPSA) is 54.7 Å². The summed E-state index contributed by atoms with van der Waals surface area (Å²) < 4.78 is 0. The number of H-pyrrole nitrogens is 1. The molecule has 2 aromatic carbocycles. The van der Waals surface area contributed by atoms with Gasteiger partial charge < -0.3 is 10.7 Å². The molecule has 0 amide bonds. The number of rotatable bonds is 2. The Morgan fingerprint density at radius 1 is 1.00 bits per heavy atom. The first-order valence-corrected chi connectivity index (χ1v) is 5.60. The van der Waals surface area contributed by atoms with Crippen molar-refractivity contribution in [3.63, 3.8) is 0 Å². The van der Waals surface area contributed by atoms with E-state index in [0.29, 0.717) is 6.54 Å². The number of aromatic amines is 1. The molecule has 0 spiro atoms. The first kappa shape index (κ1) is 10.1. The average Bonchev–Trinajstić information content (AvgIpc) is 2.86. The average molecular weight is 223 g/mol. The molecule has 3 heteroatoms. The number of aromatic nitrogens is 2. The third kappa shape index (κ3) is 1.61. The molecule has 3 rings (SSSR count). The van der Waals surface area contributed by atoms with Crippen molar-refractivity contribution >= 4 is 11.0 Å². The Balaban J connectivity index is 2.30. The molecule has 84 valence electrons. The van der Waals surface area contributed by atoms with E-state index in [0.717, 1.165) is 27.7 Å². The first-order valence-electron chi connectivity index (χ1n) is 5.60. The lowest BCUT2D eigenvalue weighted by molar-refractivity contribution is 1.07. The minimum absolute atomic E-state index is 0.539. The highest BCUT2D eigenvalue weighted by molar-refractivity contribution is 5.92. The number of nitrogens with two attached hydrogens (primary N) is 1. The monoisotopic (exact) mass is 223 g/mol. The fraction of sp³-hybridized carbons (Fsp3) is 0.0714. The Morgan fingerprint density at radius 2 is 1.82 bits per heavy atom. The van der Waals surface area contributed by atoms with E-state index in [2.05, 4.69) is 28.2 Å². The molecule has 3 nitrogen and oxygen atoms in total. The number of nitrogens with zero attached hydrogens (tertiary/aromatic N) is 1. The Labute approximate surface area is 99.3 Å². The highest BCUT2D eigenvalue weighted by Crippen LogP contribution is 2.28. The van der Waals surface area contributed by atoms with E-state index in [1.54, 1.807) is 6.33 Å². The predicted molar refractivity (Wildman–Crippen MR) is 69.4 cm³/mol. The number of hydrogen-bond acceptors (Lipinski definition) is 2. The second-order valence-corrected chi connectivity index (χ2v) is 3.97. The molecule has 0 bridgehead atoms. The molecule has 3 N–H and O–H groups in total. The molecule has 0 saturated carbocycles. The number of benzene rings is 2. The lowest BCUT2D eigenvalue weighted by atomic mass is 9.98. The normalized spacial score (nSPS) is 10.9. The molecule has 0 unspecified atom stereocenters. The summed E-state index contributed by atoms with van der Waals surface area (Å²) in [5.74, 6) is 0. The second-order valence-electron chi connectivity index (χ2n) is 3.97. The summed E-state index contributed by atoms with van der Waals surface area (Å²) in [4.78, 5) is 7.50. The molecule has 0 fully saturated rings. The van der Waals surface area contributed by atoms with Crippen molar-refractivity contribution in [2.75, 3.05) is 0 Å². The van der Waals surface area contributed by atoms with Crippen LogP contribution in [0, 0.1) is 0 Å². The lowest BCUT2D eigenvalue weighted by Gasteiger charge is -2.08. The minimum Gasteiger partial charge on any atom is -0.345 e. The smallest absolute Gasteiger partial charge is 0.0960 e. The van der Waals surface area contributed by atoms with Crippen LogP contribution < -0.4 is 5.73 Å². The van der Waals surface area contributed by atoms with Crippen molar-refractivity contribution in [1.82, 2.24) is 9.97 Å². The summed E-state index contributed by atoms with van der Waals surface area (Å²) in [6.45, 7) is 0.539. The molecule has 1 aromatic heterocycles. The van der Waals surface area contributed by atoms with E-state index in [-0.39, 0.29) is 0 Å². The van der Waals surface area contributed by atoms with Crippen LogP contribution in [0.25, 0.3) is 22.2 Å². The van der Waals surface area contributed by atoms with Crippen LogP contribution in [0.15, 0.2) is 48.8 Å². The van der Waals surface area contributed by atoms with E-state index in [1.165, 1.54) is 0 Å². The molecule has 0 aliphatic carbocycles. The Bertz CT molecular complexity index is 655. The Morgan fingerprint density at radius 3 is 2.71 bits per heavy atom. The van der Waals surface area contributed by atoms with Crippen LogP contribution in [0.1, 0.15) is 5.56 Å². The molecule has 1 heterocycles. The highest BCUT2D eigenvalue weighted by atomic mass is 14.9. The van der Waals surface area contributed by atoms with Crippen molar-refractivity contribution in [2.45, 2.75) is 6.54 Å². The van der Waals surface area contributed by atoms with Crippen LogP contribution >= 0.6 is 0 Å². The molecule has 0 radical (unpaired) electrons. The maximum Gasteiger partial charge on any atom is 0.0960 e. The maximum atomic E-state index is 5.78. The van der Waals surface area contributed by atoms with Gasteiger partial charge in [-0.3, -0.25) is 0 Å². The van der Waals surface area contributed by atoms with E-state index in [4.69, 9.17) is 5.73 Å². The number of para-hydroxylation sites is 1. The van der Waals surface area contributed by atoms with Gasteiger partial charge in [0.25, 0.3) is 0 Å². The molecule has 0 saturated heterocycles. The van der Waals surface area contributed by atoms with E-state index in [1.807, 2.05) is 24.3 Å². The van der Waals surface area contributed by atoms with Gasteiger partial charge in [0.15, 0.2) is 0 Å². The highest BCUT2D eigenvalue weighted by Gasteiger charge is 2.08. The van der Waals surface area contributed by atoms with Gasteiger partial charge in [-0.1, -0.05) is 36.4 Å². The summed E-state index contributed by atoms with van der Waals surface area (Å²) in [6.07, 6.45) is 1.72. The lowest BCUT2D eigenvalue weighted by Crippen LogP contribution is -1.98. The van der Waals surface area contributed by atoms with Gasteiger partial charge in [0.2, 0.25) is 0 Å². The maximum absolute atomic E-state index is 5.78. The molecule has 0 atom stereocenters. The number of fused-ring (bicyclic) bond motifs is 1. The standard InChI is InChI=1S/C14H13N3/c15-8-10-4-1-2-5-11(10)12-6-3-7-13-14(12)17-9-16-13/h1-7,9H,8,15H2,(H,16,17). The largest absolute Gasteiger partial charge is 0.345 e. The molecule has 3 aromatic rings. The first-order chi connectivity index (χ1) is 8.40. The number of hydrogen-bond donors (Lipinski definition) is 2. The second kappa shape index (κ2) is 4.03. The van der Waals surface area contributed by atoms with Crippen molar-refractivity contribution in [3.8, 4) is 11.1 Å². The zero-order valence-corrected chi connectivity index (χ0v) is 9.35. The van der Waals surface area contributed by atoms with E-state index >= 15 is 0 Å². The third-order valence-electron chi connectivity index (χ3n) is 2.98. The zero-order valence-electron chi connectivity index (χ0n) is 9.35. The van der Waals surface area contributed by atoms with Crippen molar-refractivity contribution in [2.24, 2.45) is 5.73 Å².